The van der Waals surface area contributed by atoms with Gasteiger partial charge in [-0.05, 0) is 241 Å². The number of primary amides is 3. The van der Waals surface area contributed by atoms with Crippen LogP contribution in [0.4, 0.5) is 34.1 Å². The van der Waals surface area contributed by atoms with Crippen LogP contribution < -0.4 is 63.3 Å². The SMILES string of the molecule is CC(C)(C)OC(=O)[C@](Cc1ccc(OCC(=CC=S)CC[Si](C)(C)C)cc1)(C(N)=O)N(c1cc(N(c2ccc(CN)cc2C(=O)O)[C@@](Cc2ccc(OCC(=CC=S)CC[Si](C)(C)C)cc2)(C(N)=O)C(=O)OC(C)(C)C)cc(N(c2ccc(CN)cc2C(=O)O)[C@@](Cc2ccc(OCC(=CC=S)CC[Si](C)(C)C)cc2)(C(N)=O)C(=O)OC(C)(C)C)c1)c1ccc(CN)cc1C(=O)O. The first kappa shape index (κ1) is 108. The Morgan fingerprint density at radius 3 is 0.727 bits per heavy atom. The Hall–Kier alpha value is -11.4. The van der Waals surface area contributed by atoms with E-state index in [1.54, 1.807) is 54.6 Å². The molecule has 0 aromatic heterocycles. The summed E-state index contributed by atoms with van der Waals surface area (Å²) in [6.45, 7) is 33.0. The zero-order valence-corrected chi connectivity index (χ0v) is 84.4. The molecule has 0 aliphatic carbocycles. The molecule has 0 bridgehead atoms. The Balaban J connectivity index is 1.87. The summed E-state index contributed by atoms with van der Waals surface area (Å²) < 4.78 is 38.6. The molecule has 0 saturated carbocycles. The number of ether oxygens (including phenoxy) is 6. The lowest BCUT2D eigenvalue weighted by Gasteiger charge is -2.47. The molecule has 0 aliphatic rings. The number of amides is 3. The molecule has 7 aromatic carbocycles. The minimum Gasteiger partial charge on any atom is -0.489 e. The number of rotatable bonds is 48. The fraction of sp³-hybridized carbons (Fsp3) is 0.394. The van der Waals surface area contributed by atoms with Crippen LogP contribution in [0.15, 0.2) is 181 Å². The van der Waals surface area contributed by atoms with Crippen molar-refractivity contribution >= 4 is 165 Å². The van der Waals surface area contributed by atoms with Gasteiger partial charge in [0.2, 0.25) is 16.6 Å². The van der Waals surface area contributed by atoms with Gasteiger partial charge in [0.05, 0.1) is 33.8 Å². The van der Waals surface area contributed by atoms with Crippen molar-refractivity contribution in [2.24, 2.45) is 34.4 Å². The van der Waals surface area contributed by atoms with E-state index in [0.29, 0.717) is 36.5 Å². The molecular formula is C99H129N9O18S3Si3. The van der Waals surface area contributed by atoms with Crippen LogP contribution in [0, 0.1) is 0 Å². The minimum absolute atomic E-state index is 0.104. The third-order valence-corrected chi connectivity index (χ3v) is 27.1. The lowest BCUT2D eigenvalue weighted by Crippen LogP contribution is -2.65. The van der Waals surface area contributed by atoms with Crippen molar-refractivity contribution in [3.8, 4) is 17.2 Å². The monoisotopic (exact) mass is 1910 g/mol. The van der Waals surface area contributed by atoms with Gasteiger partial charge in [-0.1, -0.05) is 168 Å². The second-order valence-corrected chi connectivity index (χ2v) is 57.0. The highest BCUT2D eigenvalue weighted by Gasteiger charge is 2.59. The quantitative estimate of drug-likeness (QED) is 0.00427. The van der Waals surface area contributed by atoms with Crippen molar-refractivity contribution in [3.63, 3.8) is 0 Å². The predicted octanol–water partition coefficient (Wildman–Crippen LogP) is 17.1. The molecule has 15 N–H and O–H groups in total. The van der Waals surface area contributed by atoms with Crippen molar-refractivity contribution < 1.29 is 86.9 Å². The Bertz CT molecular complexity index is 4950. The third-order valence-electron chi connectivity index (χ3n) is 21.5. The lowest BCUT2D eigenvalue weighted by atomic mass is 9.83. The molecule has 0 heterocycles. The zero-order valence-electron chi connectivity index (χ0n) is 78.9. The van der Waals surface area contributed by atoms with E-state index in [9.17, 15) is 29.7 Å². The summed E-state index contributed by atoms with van der Waals surface area (Å²) in [7, 11) is -4.73. The standard InChI is InChI=1S/C99H129N9O18S3Si3/c1-94(2,3)124-91(118)97(88(103)115,55-64-19-28-76(29-20-64)121-61-67(37-43-127)40-46-130(10,11)12)106(82-34-25-70(58-100)49-79(82)85(109)110)73-52-74(107(83-35-26-71(59-101)50-80(83)86(111)112)98(89(104)116,92(119)125-95(4,5)6)56-65-21-30-77(31-22-65)122-62-68(38-44-128)41-47-131(13,14)15)54-75(53-73)108(84-36-27-72(60-102)51-81(84)87(113)114)99(90(105)117,93(120)126-96(7,8)9)57-66-23-32-78(33-24-66)123-63-69(39-45-129)42-48-132(16,17)18/h19-39,43-45,49-54H,40-42,46-48,55-63,100-102H2,1-18H3,(H2,103,115)(H2,104,116)(H2,105,117)(H,109,110)(H,111,112)(H,113,114)/t97-,98-,99-/m0/s1. The Labute approximate surface area is 794 Å². The van der Waals surface area contributed by atoms with Gasteiger partial charge in [-0.2, -0.15) is 0 Å². The number of hydrogen-bond donors (Lipinski definition) is 9. The van der Waals surface area contributed by atoms with E-state index in [-0.39, 0.29) is 72.8 Å². The Morgan fingerprint density at radius 1 is 0.341 bits per heavy atom. The van der Waals surface area contributed by atoms with Crippen LogP contribution in [-0.2, 0) is 81.9 Å². The number of carboxylic acid groups (broad SMARTS) is 3. The molecule has 0 spiro atoms. The largest absolute Gasteiger partial charge is 0.489 e. The van der Waals surface area contributed by atoms with Crippen LogP contribution in [0.3, 0.4) is 0 Å². The Morgan fingerprint density at radius 2 is 0.553 bits per heavy atom. The van der Waals surface area contributed by atoms with Crippen molar-refractivity contribution in [2.45, 2.75) is 231 Å². The van der Waals surface area contributed by atoms with Gasteiger partial charge in [0.1, 0.15) is 53.9 Å². The van der Waals surface area contributed by atoms with E-state index >= 15 is 28.8 Å². The first-order valence-corrected chi connectivity index (χ1v) is 55.9. The summed E-state index contributed by atoms with van der Waals surface area (Å²) >= 11 is 15.8. The Kier molecular flexibility index (Phi) is 37.0. The molecule has 3 atom stereocenters. The minimum atomic E-state index is -3.21. The maximum Gasteiger partial charge on any atom is 0.343 e. The second-order valence-electron chi connectivity index (χ2n) is 39.4. The van der Waals surface area contributed by atoms with E-state index < -0.39 is 181 Å². The molecule has 7 rings (SSSR count). The van der Waals surface area contributed by atoms with E-state index in [2.05, 4.69) is 58.9 Å². The third kappa shape index (κ3) is 29.0. The molecule has 7 aromatic rings. The highest BCUT2D eigenvalue weighted by molar-refractivity contribution is 7.79. The lowest BCUT2D eigenvalue weighted by molar-refractivity contribution is -0.165. The van der Waals surface area contributed by atoms with Crippen molar-refractivity contribution in [1.82, 2.24) is 0 Å². The fourth-order valence-electron chi connectivity index (χ4n) is 14.6. The molecule has 0 aliphatic heterocycles. The van der Waals surface area contributed by atoms with Gasteiger partial charge in [0.25, 0.3) is 17.7 Å². The molecule has 33 heteroatoms. The number of aromatic carboxylic acids is 3. The van der Waals surface area contributed by atoms with E-state index in [4.69, 9.17) is 99.5 Å². The number of thiocarbonyl (C=S) groups is 3. The topological polar surface area (TPSA) is 436 Å². The van der Waals surface area contributed by atoms with E-state index in [1.165, 1.54) is 151 Å². The molecule has 3 amide bonds. The first-order chi connectivity index (χ1) is 61.5. The number of allylic oxidation sites excluding steroid dienone is 3. The zero-order chi connectivity index (χ0) is 98.6. The number of carbonyl (C=O) groups excluding carboxylic acids is 6. The summed E-state index contributed by atoms with van der Waals surface area (Å²) in [5.74, 6) is -13.3. The van der Waals surface area contributed by atoms with Gasteiger partial charge < -0.3 is 92.8 Å². The number of carboxylic acids is 3. The molecule has 0 fully saturated rings. The fourth-order valence-corrected chi connectivity index (χ4v) is 18.4. The van der Waals surface area contributed by atoms with Gasteiger partial charge in [-0.15, -0.1) is 0 Å². The maximum absolute atomic E-state index is 16.9. The van der Waals surface area contributed by atoms with Crippen LogP contribution in [0.2, 0.25) is 77.1 Å². The van der Waals surface area contributed by atoms with E-state index in [1.807, 2.05) is 0 Å². The van der Waals surface area contributed by atoms with Gasteiger partial charge in [-0.3, -0.25) is 14.4 Å². The molecular weight excluding hydrogens is 1780 g/mol. The van der Waals surface area contributed by atoms with Gasteiger partial charge >= 0.3 is 35.8 Å². The van der Waals surface area contributed by atoms with Crippen LogP contribution in [-0.4, -0.2) is 162 Å². The molecule has 0 saturated heterocycles. The summed E-state index contributed by atoms with van der Waals surface area (Å²) in [4.78, 5) is 147. The van der Waals surface area contributed by atoms with Crippen LogP contribution in [0.25, 0.3) is 0 Å². The van der Waals surface area contributed by atoms with Crippen molar-refractivity contribution in [2.75, 3.05) is 34.5 Å². The summed E-state index contributed by atoms with van der Waals surface area (Å²) in [6.07, 6.45) is 4.80. The number of carbonyl (C=O) groups is 9. The maximum atomic E-state index is 16.9. The number of hydrogen-bond acceptors (Lipinski definition) is 24. The number of nitrogens with two attached hydrogens (primary N) is 6. The molecule has 0 radical (unpaired) electrons. The smallest absolute Gasteiger partial charge is 0.343 e. The van der Waals surface area contributed by atoms with Crippen LogP contribution >= 0.6 is 36.7 Å². The van der Waals surface area contributed by atoms with Gasteiger partial charge in [-0.25, -0.2) is 28.8 Å². The molecule has 0 unspecified atom stereocenters. The van der Waals surface area contributed by atoms with Gasteiger partial charge in [0, 0.05) is 96.3 Å². The summed E-state index contributed by atoms with van der Waals surface area (Å²) in [5.41, 5.74) is 23.7. The number of benzene rings is 7. The van der Waals surface area contributed by atoms with E-state index in [0.717, 1.165) is 85.9 Å². The average Bonchev–Trinajstić information content (AvgIpc) is 0.715. The number of esters is 3. The summed E-state index contributed by atoms with van der Waals surface area (Å²) in [6, 6.07) is 35.9. The molecule has 132 heavy (non-hydrogen) atoms. The first-order valence-electron chi connectivity index (χ1n) is 43.4. The predicted molar refractivity (Wildman–Crippen MR) is 540 cm³/mol. The highest BCUT2D eigenvalue weighted by atomic mass is 32.1. The molecule has 708 valence electrons. The second kappa shape index (κ2) is 45.3. The van der Waals surface area contributed by atoms with Crippen molar-refractivity contribution in [1.29, 1.82) is 0 Å². The van der Waals surface area contributed by atoms with Crippen LogP contribution in [0.1, 0.15) is 146 Å². The average molecular weight is 1910 g/mol. The molecule has 27 nitrogen and oxygen atoms in total. The normalized spacial score (nSPS) is 13.8. The number of anilines is 6. The van der Waals surface area contributed by atoms with Gasteiger partial charge in [0.15, 0.2) is 0 Å². The van der Waals surface area contributed by atoms with Crippen molar-refractivity contribution in [3.05, 3.63) is 231 Å². The number of nitrogens with zero attached hydrogens (tertiary/aromatic N) is 3. The summed E-state index contributed by atoms with van der Waals surface area (Å²) in [5, 5.41) is 40.4. The highest BCUT2D eigenvalue weighted by Crippen LogP contribution is 2.51. The van der Waals surface area contributed by atoms with Crippen LogP contribution in [0.5, 0.6) is 17.2 Å².